The second kappa shape index (κ2) is 10.3. The molecule has 0 amide bonds. The molecule has 1 aliphatic rings. The summed E-state index contributed by atoms with van der Waals surface area (Å²) in [4.78, 5) is 7.35. The van der Waals surface area contributed by atoms with Gasteiger partial charge in [-0.25, -0.2) is 0 Å². The smallest absolute Gasteiger partial charge is 0.191 e. The van der Waals surface area contributed by atoms with Gasteiger partial charge in [-0.05, 0) is 25.8 Å². The van der Waals surface area contributed by atoms with Gasteiger partial charge in [-0.15, -0.1) is 0 Å². The fourth-order valence-corrected chi connectivity index (χ4v) is 2.83. The lowest BCUT2D eigenvalue weighted by Gasteiger charge is -2.34. The van der Waals surface area contributed by atoms with Crippen LogP contribution in [-0.4, -0.2) is 56.3 Å². The zero-order valence-corrected chi connectivity index (χ0v) is 15.3. The number of ether oxygens (including phenoxy) is 1. The van der Waals surface area contributed by atoms with Crippen molar-refractivity contribution in [2.75, 3.05) is 39.4 Å². The highest BCUT2D eigenvalue weighted by molar-refractivity contribution is 5.80. The summed E-state index contributed by atoms with van der Waals surface area (Å²) in [6.07, 6.45) is 1.08. The highest BCUT2D eigenvalue weighted by Gasteiger charge is 2.22. The van der Waals surface area contributed by atoms with Gasteiger partial charge in [-0.1, -0.05) is 37.3 Å². The largest absolute Gasteiger partial charge is 0.379 e. The van der Waals surface area contributed by atoms with Gasteiger partial charge >= 0.3 is 0 Å². The molecule has 1 fully saturated rings. The van der Waals surface area contributed by atoms with Gasteiger partial charge in [0.25, 0.3) is 0 Å². The number of hydrogen-bond donors (Lipinski definition) is 2. The number of morpholine rings is 1. The maximum atomic E-state index is 5.51. The van der Waals surface area contributed by atoms with Crippen molar-refractivity contribution < 1.29 is 4.74 Å². The molecule has 1 aliphatic heterocycles. The average molecular weight is 332 g/mol. The first-order chi connectivity index (χ1) is 11.7. The second-order valence-corrected chi connectivity index (χ2v) is 6.25. The molecule has 1 aromatic rings. The molecule has 24 heavy (non-hydrogen) atoms. The number of hydrogen-bond acceptors (Lipinski definition) is 3. The molecule has 5 nitrogen and oxygen atoms in total. The van der Waals surface area contributed by atoms with E-state index >= 15 is 0 Å². The molecule has 0 bridgehead atoms. The minimum Gasteiger partial charge on any atom is -0.379 e. The molecule has 2 atom stereocenters. The van der Waals surface area contributed by atoms with E-state index in [1.165, 1.54) is 5.56 Å². The van der Waals surface area contributed by atoms with Crippen molar-refractivity contribution in [2.45, 2.75) is 39.3 Å². The van der Waals surface area contributed by atoms with Crippen LogP contribution in [0.2, 0.25) is 0 Å². The molecule has 0 spiro atoms. The maximum absolute atomic E-state index is 5.51. The van der Waals surface area contributed by atoms with Crippen LogP contribution in [0.1, 0.15) is 38.8 Å². The summed E-state index contributed by atoms with van der Waals surface area (Å²) in [5, 5.41) is 6.83. The Kier molecular flexibility index (Phi) is 8.05. The van der Waals surface area contributed by atoms with Gasteiger partial charge in [0.2, 0.25) is 0 Å². The first-order valence-electron chi connectivity index (χ1n) is 9.16. The van der Waals surface area contributed by atoms with Crippen LogP contribution in [0.4, 0.5) is 0 Å². The molecular formula is C19H32N4O. The molecule has 1 aromatic carbocycles. The van der Waals surface area contributed by atoms with E-state index < -0.39 is 0 Å². The minimum absolute atomic E-state index is 0.294. The molecule has 0 saturated carbocycles. The van der Waals surface area contributed by atoms with E-state index in [9.17, 15) is 0 Å². The van der Waals surface area contributed by atoms with Crippen molar-refractivity contribution in [1.82, 2.24) is 15.5 Å². The summed E-state index contributed by atoms with van der Waals surface area (Å²) >= 11 is 0. The van der Waals surface area contributed by atoms with E-state index in [4.69, 9.17) is 9.73 Å². The van der Waals surface area contributed by atoms with Gasteiger partial charge in [0.1, 0.15) is 0 Å². The molecule has 1 saturated heterocycles. The van der Waals surface area contributed by atoms with Crippen molar-refractivity contribution in [1.29, 1.82) is 0 Å². The van der Waals surface area contributed by atoms with E-state index in [1.807, 2.05) is 0 Å². The molecule has 2 unspecified atom stereocenters. The highest BCUT2D eigenvalue weighted by atomic mass is 16.5. The normalized spacial score (nSPS) is 18.9. The van der Waals surface area contributed by atoms with Gasteiger partial charge in [-0.2, -0.15) is 0 Å². The van der Waals surface area contributed by atoms with E-state index in [2.05, 4.69) is 66.6 Å². The lowest BCUT2D eigenvalue weighted by atomic mass is 10.0. The van der Waals surface area contributed by atoms with Crippen LogP contribution < -0.4 is 10.6 Å². The van der Waals surface area contributed by atoms with Gasteiger partial charge < -0.3 is 15.4 Å². The number of rotatable bonds is 7. The molecule has 0 aliphatic carbocycles. The monoisotopic (exact) mass is 332 g/mol. The standard InChI is InChI=1S/C19H32N4O/c1-4-16(3)22-19(20-5-2)21-15-18(17-9-7-6-8-10-17)23-11-13-24-14-12-23/h6-10,16,18H,4-5,11-15H2,1-3H3,(H2,20,21,22). The average Bonchev–Trinajstić information content (AvgIpc) is 2.63. The van der Waals surface area contributed by atoms with Crippen LogP contribution in [0.15, 0.2) is 35.3 Å². The predicted molar refractivity (Wildman–Crippen MR) is 100 cm³/mol. The van der Waals surface area contributed by atoms with Gasteiger partial charge in [-0.3, -0.25) is 9.89 Å². The fraction of sp³-hybridized carbons (Fsp3) is 0.632. The van der Waals surface area contributed by atoms with Crippen LogP contribution in [0.5, 0.6) is 0 Å². The summed E-state index contributed by atoms with van der Waals surface area (Å²) in [5.41, 5.74) is 1.32. The van der Waals surface area contributed by atoms with Crippen LogP contribution in [0.25, 0.3) is 0 Å². The SMILES string of the molecule is CCNC(=NCC(c1ccccc1)N1CCOCC1)NC(C)CC. The van der Waals surface area contributed by atoms with E-state index in [-0.39, 0.29) is 0 Å². The van der Waals surface area contributed by atoms with Gasteiger partial charge in [0.05, 0.1) is 25.8 Å². The zero-order valence-electron chi connectivity index (χ0n) is 15.3. The zero-order chi connectivity index (χ0) is 17.2. The Morgan fingerprint density at radius 2 is 1.92 bits per heavy atom. The predicted octanol–water partition coefficient (Wildman–Crippen LogP) is 2.41. The third-order valence-electron chi connectivity index (χ3n) is 4.43. The summed E-state index contributed by atoms with van der Waals surface area (Å²) in [7, 11) is 0. The van der Waals surface area contributed by atoms with Crippen LogP contribution in [-0.2, 0) is 4.74 Å². The molecule has 2 rings (SSSR count). The minimum atomic E-state index is 0.294. The highest BCUT2D eigenvalue weighted by Crippen LogP contribution is 2.22. The lowest BCUT2D eigenvalue weighted by molar-refractivity contribution is 0.0179. The summed E-state index contributed by atoms with van der Waals surface area (Å²) < 4.78 is 5.51. The van der Waals surface area contributed by atoms with Gasteiger partial charge in [0.15, 0.2) is 5.96 Å². The summed E-state index contributed by atoms with van der Waals surface area (Å²) in [6.45, 7) is 11.6. The molecular weight excluding hydrogens is 300 g/mol. The van der Waals surface area contributed by atoms with E-state index in [0.29, 0.717) is 12.1 Å². The van der Waals surface area contributed by atoms with Crippen LogP contribution >= 0.6 is 0 Å². The molecule has 0 aromatic heterocycles. The fourth-order valence-electron chi connectivity index (χ4n) is 2.83. The van der Waals surface area contributed by atoms with Crippen molar-refractivity contribution in [3.05, 3.63) is 35.9 Å². The summed E-state index contributed by atoms with van der Waals surface area (Å²) in [5.74, 6) is 0.904. The van der Waals surface area contributed by atoms with Crippen molar-refractivity contribution in [2.24, 2.45) is 4.99 Å². The number of aliphatic imine (C=N–C) groups is 1. The molecule has 134 valence electrons. The van der Waals surface area contributed by atoms with Gasteiger partial charge in [0, 0.05) is 25.7 Å². The van der Waals surface area contributed by atoms with Crippen molar-refractivity contribution >= 4 is 5.96 Å². The topological polar surface area (TPSA) is 48.9 Å². The summed E-state index contributed by atoms with van der Waals surface area (Å²) in [6, 6.07) is 11.4. The number of benzene rings is 1. The Hall–Kier alpha value is -1.59. The van der Waals surface area contributed by atoms with Crippen LogP contribution in [0, 0.1) is 0 Å². The third kappa shape index (κ3) is 5.80. The Balaban J connectivity index is 2.12. The quantitative estimate of drug-likeness (QED) is 0.595. The molecule has 5 heteroatoms. The van der Waals surface area contributed by atoms with Crippen molar-refractivity contribution in [3.63, 3.8) is 0 Å². The Labute approximate surface area is 146 Å². The second-order valence-electron chi connectivity index (χ2n) is 6.25. The van der Waals surface area contributed by atoms with E-state index in [1.54, 1.807) is 0 Å². The maximum Gasteiger partial charge on any atom is 0.191 e. The number of nitrogens with zero attached hydrogens (tertiary/aromatic N) is 2. The molecule has 1 heterocycles. The Morgan fingerprint density at radius 1 is 1.21 bits per heavy atom. The van der Waals surface area contributed by atoms with Crippen LogP contribution in [0.3, 0.4) is 0 Å². The molecule has 0 radical (unpaired) electrons. The van der Waals surface area contributed by atoms with Crippen molar-refractivity contribution in [3.8, 4) is 0 Å². The third-order valence-corrected chi connectivity index (χ3v) is 4.43. The van der Waals surface area contributed by atoms with E-state index in [0.717, 1.165) is 51.8 Å². The Bertz CT molecular complexity index is 485. The number of nitrogens with one attached hydrogen (secondary N) is 2. The molecule has 2 N–H and O–H groups in total. The first kappa shape index (κ1) is 18.7. The number of guanidine groups is 1. The first-order valence-corrected chi connectivity index (χ1v) is 9.16. The Morgan fingerprint density at radius 3 is 2.54 bits per heavy atom. The lowest BCUT2D eigenvalue weighted by Crippen LogP contribution is -2.43.